The van der Waals surface area contributed by atoms with Crippen molar-refractivity contribution in [1.82, 2.24) is 9.97 Å². The molecule has 0 unspecified atom stereocenters. The number of anilines is 1. The number of hydrogen-bond acceptors (Lipinski definition) is 5. The number of aromatic nitrogens is 2. The molecule has 10 heteroatoms. The van der Waals surface area contributed by atoms with E-state index in [1.165, 1.54) is 6.07 Å². The van der Waals surface area contributed by atoms with E-state index in [-0.39, 0.29) is 16.2 Å². The van der Waals surface area contributed by atoms with E-state index in [1.807, 2.05) is 30.3 Å². The molecule has 4 N–H and O–H groups in total. The summed E-state index contributed by atoms with van der Waals surface area (Å²) in [5.74, 6) is 6.05. The molecule has 0 aliphatic carbocycles. The fraction of sp³-hybridized carbons (Fsp3) is 0.0455. The number of nitrogens with zero attached hydrogens (tertiary/aromatic N) is 1. The molecule has 162 valence electrons. The molecular formula is C22H18N4O4S2. The maximum atomic E-state index is 12.2. The van der Waals surface area contributed by atoms with E-state index in [4.69, 9.17) is 5.14 Å². The summed E-state index contributed by atoms with van der Waals surface area (Å²) in [7, 11) is -7.38. The predicted molar refractivity (Wildman–Crippen MR) is 124 cm³/mol. The largest absolute Gasteiger partial charge is 0.331 e. The van der Waals surface area contributed by atoms with Gasteiger partial charge < -0.3 is 4.98 Å². The minimum Gasteiger partial charge on any atom is -0.331 e. The molecule has 0 bridgehead atoms. The summed E-state index contributed by atoms with van der Waals surface area (Å²) in [5, 5.41) is 5.44. The van der Waals surface area contributed by atoms with Gasteiger partial charge in [-0.3, -0.25) is 4.72 Å². The van der Waals surface area contributed by atoms with Crippen LogP contribution in [0.1, 0.15) is 11.4 Å². The highest BCUT2D eigenvalue weighted by Gasteiger charge is 2.18. The molecule has 4 rings (SSSR count). The van der Waals surface area contributed by atoms with Gasteiger partial charge in [-0.25, -0.2) is 27.0 Å². The van der Waals surface area contributed by atoms with Gasteiger partial charge in [-0.15, -0.1) is 0 Å². The number of H-pyrrole nitrogens is 1. The third-order valence-electron chi connectivity index (χ3n) is 4.48. The lowest BCUT2D eigenvalue weighted by atomic mass is 10.1. The van der Waals surface area contributed by atoms with Crippen LogP contribution in [-0.4, -0.2) is 33.1 Å². The van der Waals surface area contributed by atoms with Crippen molar-refractivity contribution in [3.8, 4) is 23.0 Å². The number of benzene rings is 3. The second-order valence-corrected chi connectivity index (χ2v) is 10.3. The molecular weight excluding hydrogens is 448 g/mol. The Morgan fingerprint density at radius 3 is 2.22 bits per heavy atom. The van der Waals surface area contributed by atoms with Crippen LogP contribution in [-0.2, 0) is 20.0 Å². The summed E-state index contributed by atoms with van der Waals surface area (Å²) in [6, 6.07) is 19.1. The highest BCUT2D eigenvalue weighted by atomic mass is 32.2. The van der Waals surface area contributed by atoms with Crippen LogP contribution in [0.2, 0.25) is 0 Å². The van der Waals surface area contributed by atoms with Gasteiger partial charge in [-0.2, -0.15) is 0 Å². The van der Waals surface area contributed by atoms with Crippen LogP contribution in [0.5, 0.6) is 0 Å². The maximum Gasteiger partial charge on any atom is 0.240 e. The molecule has 0 aliphatic rings. The maximum absolute atomic E-state index is 12.2. The molecule has 0 saturated heterocycles. The second-order valence-electron chi connectivity index (χ2n) is 7.07. The molecule has 8 nitrogen and oxygen atoms in total. The summed E-state index contributed by atoms with van der Waals surface area (Å²) in [6.07, 6.45) is 1.07. The van der Waals surface area contributed by atoms with E-state index in [2.05, 4.69) is 26.5 Å². The van der Waals surface area contributed by atoms with E-state index in [1.54, 1.807) is 30.3 Å². The van der Waals surface area contributed by atoms with E-state index in [9.17, 15) is 16.8 Å². The van der Waals surface area contributed by atoms with Gasteiger partial charge in [0.15, 0.2) is 5.82 Å². The molecule has 0 fully saturated rings. The topological polar surface area (TPSA) is 135 Å². The van der Waals surface area contributed by atoms with Crippen molar-refractivity contribution < 1.29 is 16.8 Å². The zero-order valence-electron chi connectivity index (χ0n) is 16.8. The number of hydrogen-bond donors (Lipinski definition) is 3. The fourth-order valence-electron chi connectivity index (χ4n) is 3.13. The minimum absolute atomic E-state index is 0.0886. The van der Waals surface area contributed by atoms with Gasteiger partial charge in [-0.05, 0) is 53.4 Å². The van der Waals surface area contributed by atoms with E-state index < -0.39 is 20.0 Å². The molecule has 1 aromatic heterocycles. The molecule has 0 aliphatic heterocycles. The van der Waals surface area contributed by atoms with Crippen molar-refractivity contribution >= 4 is 36.8 Å². The van der Waals surface area contributed by atoms with Crippen molar-refractivity contribution in [2.75, 3.05) is 11.0 Å². The zero-order chi connectivity index (χ0) is 22.9. The lowest BCUT2D eigenvalue weighted by molar-refractivity contribution is 0.598. The Morgan fingerprint density at radius 1 is 0.906 bits per heavy atom. The highest BCUT2D eigenvalue weighted by molar-refractivity contribution is 7.92. The van der Waals surface area contributed by atoms with Crippen LogP contribution < -0.4 is 9.86 Å². The first-order valence-corrected chi connectivity index (χ1v) is 12.7. The molecule has 0 radical (unpaired) electrons. The van der Waals surface area contributed by atoms with Gasteiger partial charge in [-0.1, -0.05) is 36.3 Å². The Kier molecular flexibility index (Phi) is 5.48. The van der Waals surface area contributed by atoms with Crippen molar-refractivity contribution in [3.63, 3.8) is 0 Å². The highest BCUT2D eigenvalue weighted by Crippen LogP contribution is 2.28. The lowest BCUT2D eigenvalue weighted by Gasteiger charge is -2.05. The SMILES string of the molecule is CS(=O)(=O)Nc1ccc(C#Cc2nc3c(S(N)(=O)=O)cc(-c4ccccc4)cc3[nH]2)cc1. The molecule has 0 atom stereocenters. The zero-order valence-corrected chi connectivity index (χ0v) is 18.5. The average Bonchev–Trinajstić information content (AvgIpc) is 3.14. The smallest absolute Gasteiger partial charge is 0.240 e. The number of nitrogens with two attached hydrogens (primary N) is 1. The molecule has 32 heavy (non-hydrogen) atoms. The predicted octanol–water partition coefficient (Wildman–Crippen LogP) is 2.65. The summed E-state index contributed by atoms with van der Waals surface area (Å²) in [4.78, 5) is 7.26. The quantitative estimate of drug-likeness (QED) is 0.397. The van der Waals surface area contributed by atoms with Crippen LogP contribution in [0, 0.1) is 11.8 Å². The van der Waals surface area contributed by atoms with Crippen molar-refractivity contribution in [2.45, 2.75) is 4.90 Å². The fourth-order valence-corrected chi connectivity index (χ4v) is 4.41. The Balaban J connectivity index is 1.73. The Bertz CT molecular complexity index is 1580. The number of aromatic amines is 1. The van der Waals surface area contributed by atoms with Gasteiger partial charge in [0.2, 0.25) is 20.0 Å². The van der Waals surface area contributed by atoms with E-state index in [0.29, 0.717) is 22.3 Å². The average molecular weight is 467 g/mol. The number of nitrogens with one attached hydrogen (secondary N) is 2. The number of primary sulfonamides is 1. The summed E-state index contributed by atoms with van der Waals surface area (Å²) in [5.41, 5.74) is 3.27. The Morgan fingerprint density at radius 2 is 1.59 bits per heavy atom. The van der Waals surface area contributed by atoms with Crippen LogP contribution in [0.25, 0.3) is 22.2 Å². The van der Waals surface area contributed by atoms with E-state index in [0.717, 1.165) is 11.8 Å². The molecule has 0 amide bonds. The number of sulfonamides is 2. The standard InChI is InChI=1S/C22H18N4O4S2/c1-31(27,28)26-18-10-7-15(8-11-18)9-12-21-24-19-13-17(16-5-3-2-4-6-16)14-20(22(19)25-21)32(23,29)30/h2-8,10-11,13-14,26H,1H3,(H,24,25)(H2,23,29,30). The second kappa shape index (κ2) is 8.12. The van der Waals surface area contributed by atoms with Crippen LogP contribution >= 0.6 is 0 Å². The third kappa shape index (κ3) is 4.97. The molecule has 1 heterocycles. The van der Waals surface area contributed by atoms with Gasteiger partial charge in [0.25, 0.3) is 0 Å². The Labute approximate surface area is 185 Å². The van der Waals surface area contributed by atoms with E-state index >= 15 is 0 Å². The van der Waals surface area contributed by atoms with Gasteiger partial charge >= 0.3 is 0 Å². The van der Waals surface area contributed by atoms with Crippen molar-refractivity contribution in [1.29, 1.82) is 0 Å². The minimum atomic E-state index is -4.02. The van der Waals surface area contributed by atoms with Crippen LogP contribution in [0.3, 0.4) is 0 Å². The molecule has 0 spiro atoms. The van der Waals surface area contributed by atoms with Gasteiger partial charge in [0, 0.05) is 11.3 Å². The van der Waals surface area contributed by atoms with Crippen LogP contribution in [0.4, 0.5) is 5.69 Å². The first-order valence-electron chi connectivity index (χ1n) is 9.30. The molecule has 0 saturated carbocycles. The summed E-state index contributed by atoms with van der Waals surface area (Å²) < 4.78 is 49.3. The first kappa shape index (κ1) is 21.6. The summed E-state index contributed by atoms with van der Waals surface area (Å²) in [6.45, 7) is 0. The van der Waals surface area contributed by atoms with Crippen molar-refractivity contribution in [2.24, 2.45) is 5.14 Å². The Hall–Kier alpha value is -3.65. The number of imidazole rings is 1. The normalized spacial score (nSPS) is 11.7. The number of rotatable bonds is 4. The molecule has 4 aromatic rings. The molecule has 3 aromatic carbocycles. The number of fused-ring (bicyclic) bond motifs is 1. The van der Waals surface area contributed by atoms with Gasteiger partial charge in [0.1, 0.15) is 10.4 Å². The monoisotopic (exact) mass is 466 g/mol. The van der Waals surface area contributed by atoms with Gasteiger partial charge in [0.05, 0.1) is 11.8 Å². The van der Waals surface area contributed by atoms with Crippen LogP contribution in [0.15, 0.2) is 71.6 Å². The lowest BCUT2D eigenvalue weighted by Crippen LogP contribution is -2.13. The first-order chi connectivity index (χ1) is 15.1. The summed E-state index contributed by atoms with van der Waals surface area (Å²) >= 11 is 0. The van der Waals surface area contributed by atoms with Crippen molar-refractivity contribution in [3.05, 3.63) is 78.1 Å². The third-order valence-corrected chi connectivity index (χ3v) is 6.01.